The van der Waals surface area contributed by atoms with Crippen LogP contribution in [0.3, 0.4) is 0 Å². The summed E-state index contributed by atoms with van der Waals surface area (Å²) in [4.78, 5) is 0. The van der Waals surface area contributed by atoms with Crippen molar-refractivity contribution in [2.24, 2.45) is 0 Å². The van der Waals surface area contributed by atoms with Crippen molar-refractivity contribution in [3.05, 3.63) is 108 Å². The maximum absolute atomic E-state index is 9.53. The first-order valence-electron chi connectivity index (χ1n) is 19.1. The lowest BCUT2D eigenvalue weighted by atomic mass is 9.35. The molecule has 8 rings (SSSR count). The molecule has 0 bridgehead atoms. The highest BCUT2D eigenvalue weighted by atomic mass is 16.5. The van der Waals surface area contributed by atoms with Crippen molar-refractivity contribution >= 4 is 44.9 Å². The van der Waals surface area contributed by atoms with Gasteiger partial charge < -0.3 is 14.0 Å². The zero-order valence-electron chi connectivity index (χ0n) is 34.8. The third-order valence-electron chi connectivity index (χ3n) is 6.09. The molecule has 0 radical (unpaired) electrons. The second-order valence-electron chi connectivity index (χ2n) is 8.08. The van der Waals surface area contributed by atoms with Gasteiger partial charge in [0.15, 0.2) is 0 Å². The van der Waals surface area contributed by atoms with E-state index in [2.05, 4.69) is 0 Å². The molecule has 2 aliphatic heterocycles. The fourth-order valence-corrected chi connectivity index (χ4v) is 4.67. The molecule has 0 aliphatic carbocycles. The van der Waals surface area contributed by atoms with Gasteiger partial charge in [0.25, 0.3) is 6.71 Å². The van der Waals surface area contributed by atoms with E-state index < -0.39 is 131 Å². The Kier molecular flexibility index (Phi) is 1.74. The molecule has 2 aliphatic rings. The van der Waals surface area contributed by atoms with Crippen molar-refractivity contribution in [1.82, 2.24) is 4.57 Å². The van der Waals surface area contributed by atoms with E-state index in [1.165, 1.54) is 6.92 Å². The third-order valence-corrected chi connectivity index (χ3v) is 6.09. The van der Waals surface area contributed by atoms with Gasteiger partial charge in [0, 0.05) is 28.3 Å². The second-order valence-corrected chi connectivity index (χ2v) is 8.08. The molecule has 0 unspecified atom stereocenters. The number of benzene rings is 5. The number of fused-ring (bicyclic) bond motifs is 7. The highest BCUT2D eigenvalue weighted by molar-refractivity contribution is 6.98. The lowest BCUT2D eigenvalue weighted by molar-refractivity contribution is 0.464. The summed E-state index contributed by atoms with van der Waals surface area (Å²) in [6.45, 7) is 0.00517. The first kappa shape index (κ1) is 8.97. The Labute approximate surface area is 227 Å². The van der Waals surface area contributed by atoms with E-state index in [9.17, 15) is 2.74 Å². The molecule has 4 heteroatoms. The Morgan fingerprint density at radius 2 is 1.23 bits per heavy atom. The van der Waals surface area contributed by atoms with Gasteiger partial charge in [-0.15, -0.1) is 0 Å². The summed E-state index contributed by atoms with van der Waals surface area (Å²) in [6.07, 6.45) is 0. The summed E-state index contributed by atoms with van der Waals surface area (Å²) in [6, 6.07) is -10.6. The van der Waals surface area contributed by atoms with Crippen molar-refractivity contribution < 1.29 is 32.8 Å². The fraction of sp³-hybridized carbons (Fsp3) is 0.0323. The van der Waals surface area contributed by atoms with E-state index >= 15 is 0 Å². The van der Waals surface area contributed by atoms with Crippen LogP contribution in [-0.2, 0) is 0 Å². The largest absolute Gasteiger partial charge is 0.458 e. The Morgan fingerprint density at radius 3 is 1.97 bits per heavy atom. The average molecular weight is 466 g/mol. The maximum Gasteiger partial charge on any atom is 0.260 e. The SMILES string of the molecule is [2H]c1c([2H])c([2H])c2c(c1[2H])Oc1c([2H])c(-n3c4c([2H])c([2H])c([2H])c([2H])c4c4c([2H])c([2H])c([2H])c([2H])c43)c([2H])c3c1B2c1c([2H])c([2H])c(C)c([2H])c1O3. The molecule has 3 heterocycles. The van der Waals surface area contributed by atoms with Gasteiger partial charge in [-0.2, -0.15) is 0 Å². The Bertz CT molecular complexity index is 2570. The minimum absolute atomic E-state index is 0.0351. The lowest BCUT2D eigenvalue weighted by Crippen LogP contribution is -2.57. The average Bonchev–Trinajstić information content (AvgIpc) is 3.48. The van der Waals surface area contributed by atoms with Gasteiger partial charge in [0.05, 0.1) is 40.0 Å². The summed E-state index contributed by atoms with van der Waals surface area (Å²) in [7, 11) is 0. The highest BCUT2D eigenvalue weighted by Gasteiger charge is 2.40. The standard InChI is InChI=1S/C31H20BNO2/c1-19-14-15-24-28(16-19)35-30-18-20(17-29-31(30)32(24)23-10-4-7-13-27(23)34-29)33-25-11-5-2-8-21(25)22-9-3-6-12-26(22)33/h2-18H,1H3/i2D,3D,4D,5D,6D,7D,8D,9D,10D,11D,12D,13D,14D,15D,16D,17D,18D. The molecule has 0 fully saturated rings. The molecule has 0 atom stereocenters. The molecule has 0 N–H and O–H groups in total. The van der Waals surface area contributed by atoms with Crippen LogP contribution in [0.2, 0.25) is 0 Å². The number of hydrogen-bond donors (Lipinski definition) is 0. The predicted octanol–water partition coefficient (Wildman–Crippen LogP) is 5.82. The number of para-hydroxylation sites is 3. The van der Waals surface area contributed by atoms with Crippen molar-refractivity contribution in [3.8, 4) is 28.7 Å². The van der Waals surface area contributed by atoms with Crippen LogP contribution in [0.25, 0.3) is 27.5 Å². The topological polar surface area (TPSA) is 23.4 Å². The van der Waals surface area contributed by atoms with Crippen molar-refractivity contribution in [2.45, 2.75) is 6.92 Å². The van der Waals surface area contributed by atoms with Crippen molar-refractivity contribution in [3.63, 3.8) is 0 Å². The Hall–Kier alpha value is -4.44. The third kappa shape index (κ3) is 2.57. The monoisotopic (exact) mass is 466 g/mol. The zero-order valence-corrected chi connectivity index (χ0v) is 17.8. The molecule has 5 aromatic carbocycles. The van der Waals surface area contributed by atoms with Crippen molar-refractivity contribution in [2.75, 3.05) is 0 Å². The van der Waals surface area contributed by atoms with E-state index in [1.54, 1.807) is 0 Å². The smallest absolute Gasteiger partial charge is 0.260 e. The molecule has 3 nitrogen and oxygen atoms in total. The molecule has 0 saturated heterocycles. The van der Waals surface area contributed by atoms with Gasteiger partial charge in [-0.05, 0) is 47.6 Å². The lowest BCUT2D eigenvalue weighted by Gasteiger charge is -2.33. The van der Waals surface area contributed by atoms with Crippen LogP contribution in [0.1, 0.15) is 28.9 Å². The summed E-state index contributed by atoms with van der Waals surface area (Å²) >= 11 is 0. The van der Waals surface area contributed by atoms with Gasteiger partial charge >= 0.3 is 0 Å². The summed E-state index contributed by atoms with van der Waals surface area (Å²) in [5.74, 6) is -1.59. The van der Waals surface area contributed by atoms with Crippen LogP contribution >= 0.6 is 0 Å². The fourth-order valence-electron chi connectivity index (χ4n) is 4.67. The number of ether oxygens (including phenoxy) is 2. The minimum atomic E-state index is -1.41. The van der Waals surface area contributed by atoms with Crippen molar-refractivity contribution in [1.29, 1.82) is 0 Å². The van der Waals surface area contributed by atoms with E-state index in [4.69, 9.17) is 30.0 Å². The van der Waals surface area contributed by atoms with Crippen LogP contribution in [0.5, 0.6) is 23.0 Å². The molecule has 0 amide bonds. The van der Waals surface area contributed by atoms with Crippen LogP contribution < -0.4 is 25.9 Å². The van der Waals surface area contributed by atoms with Crippen LogP contribution in [0.15, 0.2) is 103 Å². The van der Waals surface area contributed by atoms with Gasteiger partial charge in [0.1, 0.15) is 23.0 Å². The Balaban J connectivity index is 1.63. The van der Waals surface area contributed by atoms with E-state index in [1.807, 2.05) is 0 Å². The van der Waals surface area contributed by atoms with Crippen LogP contribution in [-0.4, -0.2) is 11.3 Å². The Morgan fingerprint density at radius 1 is 0.629 bits per heavy atom. The summed E-state index contributed by atoms with van der Waals surface area (Å²) < 4.78 is 162. The van der Waals surface area contributed by atoms with Crippen LogP contribution in [0.4, 0.5) is 0 Å². The van der Waals surface area contributed by atoms with Gasteiger partial charge in [-0.25, -0.2) is 0 Å². The minimum Gasteiger partial charge on any atom is -0.458 e. The first-order chi connectivity index (χ1) is 24.4. The molecule has 0 saturated carbocycles. The number of nitrogens with zero attached hydrogens (tertiary/aromatic N) is 1. The number of hydrogen-bond acceptors (Lipinski definition) is 2. The molecule has 0 spiro atoms. The molecular weight excluding hydrogens is 429 g/mol. The zero-order chi connectivity index (χ0) is 37.9. The normalized spacial score (nSPS) is 19.9. The molecular formula is C31H20BNO2. The predicted molar refractivity (Wildman–Crippen MR) is 143 cm³/mol. The number of aromatic nitrogens is 1. The van der Waals surface area contributed by atoms with Gasteiger partial charge in [0.2, 0.25) is 0 Å². The molecule has 1 aromatic heterocycles. The molecule has 35 heavy (non-hydrogen) atoms. The van der Waals surface area contributed by atoms with Crippen LogP contribution in [0, 0.1) is 6.92 Å². The van der Waals surface area contributed by atoms with Gasteiger partial charge in [-0.3, -0.25) is 0 Å². The van der Waals surface area contributed by atoms with E-state index in [0.717, 1.165) is 4.57 Å². The maximum atomic E-state index is 9.53. The second kappa shape index (κ2) is 6.80. The molecule has 164 valence electrons. The highest BCUT2D eigenvalue weighted by Crippen LogP contribution is 2.39. The first-order valence-corrected chi connectivity index (χ1v) is 10.6. The summed E-state index contributed by atoms with van der Waals surface area (Å²) in [5.41, 5.74) is -1.73. The number of rotatable bonds is 1. The summed E-state index contributed by atoms with van der Waals surface area (Å²) in [5, 5.41) is -0.623. The van der Waals surface area contributed by atoms with Gasteiger partial charge in [-0.1, -0.05) is 66.5 Å². The van der Waals surface area contributed by atoms with E-state index in [0.29, 0.717) is 0 Å². The quantitative estimate of drug-likeness (QED) is 0.285. The van der Waals surface area contributed by atoms with E-state index in [-0.39, 0.29) is 50.6 Å². The molecule has 6 aromatic rings.